The summed E-state index contributed by atoms with van der Waals surface area (Å²) in [4.78, 5) is 16.5. The summed E-state index contributed by atoms with van der Waals surface area (Å²) in [5, 5.41) is 0.436. The zero-order valence-corrected chi connectivity index (χ0v) is 16.1. The SMILES string of the molecule is Cc1cc(C)cc(N2C(=O)N(c3ccccc3Cl)C3CS(=O)(=O)CC32)c1. The van der Waals surface area contributed by atoms with Gasteiger partial charge in [-0.25, -0.2) is 13.2 Å². The molecule has 4 rings (SSSR count). The highest BCUT2D eigenvalue weighted by atomic mass is 35.5. The number of anilines is 2. The maximum atomic E-state index is 13.3. The molecule has 0 spiro atoms. The third kappa shape index (κ3) is 2.77. The van der Waals surface area contributed by atoms with Crippen LogP contribution in [0.1, 0.15) is 11.1 Å². The van der Waals surface area contributed by atoms with Gasteiger partial charge in [0.2, 0.25) is 0 Å². The second-order valence-electron chi connectivity index (χ2n) is 7.03. The van der Waals surface area contributed by atoms with Crippen molar-refractivity contribution in [2.75, 3.05) is 21.3 Å². The van der Waals surface area contributed by atoms with E-state index in [1.807, 2.05) is 32.0 Å². The van der Waals surface area contributed by atoms with Crippen molar-refractivity contribution in [2.24, 2.45) is 0 Å². The number of aryl methyl sites for hydroxylation is 2. The smallest absolute Gasteiger partial charge is 0.288 e. The van der Waals surface area contributed by atoms with E-state index in [0.717, 1.165) is 16.8 Å². The molecule has 2 aromatic carbocycles. The predicted molar refractivity (Wildman–Crippen MR) is 104 cm³/mol. The molecule has 2 saturated heterocycles. The van der Waals surface area contributed by atoms with Crippen molar-refractivity contribution in [1.82, 2.24) is 0 Å². The highest BCUT2D eigenvalue weighted by molar-refractivity contribution is 7.91. The van der Waals surface area contributed by atoms with E-state index in [0.29, 0.717) is 10.7 Å². The molecular weight excluding hydrogens is 372 g/mol. The molecule has 2 aromatic rings. The topological polar surface area (TPSA) is 57.7 Å². The van der Waals surface area contributed by atoms with E-state index in [1.165, 1.54) is 0 Å². The average molecular weight is 391 g/mol. The van der Waals surface area contributed by atoms with Crippen LogP contribution >= 0.6 is 11.6 Å². The summed E-state index contributed by atoms with van der Waals surface area (Å²) in [6, 6.07) is 11.8. The van der Waals surface area contributed by atoms with Gasteiger partial charge >= 0.3 is 6.03 Å². The first-order valence-electron chi connectivity index (χ1n) is 8.42. The lowest BCUT2D eigenvalue weighted by molar-refractivity contribution is 0.255. The zero-order valence-electron chi connectivity index (χ0n) is 14.5. The van der Waals surface area contributed by atoms with E-state index < -0.39 is 21.9 Å². The molecule has 2 heterocycles. The molecule has 2 unspecified atom stereocenters. The molecule has 0 radical (unpaired) electrons. The fourth-order valence-corrected chi connectivity index (χ4v) is 6.17. The number of benzene rings is 2. The van der Waals surface area contributed by atoms with Gasteiger partial charge in [0.25, 0.3) is 0 Å². The van der Waals surface area contributed by atoms with Crippen molar-refractivity contribution in [3.05, 3.63) is 58.6 Å². The Morgan fingerprint density at radius 1 is 0.962 bits per heavy atom. The number of fused-ring (bicyclic) bond motifs is 1. The molecule has 0 aromatic heterocycles. The Morgan fingerprint density at radius 2 is 1.54 bits per heavy atom. The van der Waals surface area contributed by atoms with E-state index in [1.54, 1.807) is 34.1 Å². The molecule has 2 aliphatic heterocycles. The highest BCUT2D eigenvalue weighted by Gasteiger charge is 2.54. The number of sulfone groups is 1. The van der Waals surface area contributed by atoms with Gasteiger partial charge in [0.05, 0.1) is 34.3 Å². The molecule has 0 bridgehead atoms. The van der Waals surface area contributed by atoms with Gasteiger partial charge in [-0.3, -0.25) is 9.80 Å². The number of nitrogens with zero attached hydrogens (tertiary/aromatic N) is 2. The van der Waals surface area contributed by atoms with Crippen LogP contribution in [0.15, 0.2) is 42.5 Å². The number of amides is 2. The van der Waals surface area contributed by atoms with Crippen LogP contribution in [0.3, 0.4) is 0 Å². The van der Waals surface area contributed by atoms with Crippen molar-refractivity contribution in [1.29, 1.82) is 0 Å². The van der Waals surface area contributed by atoms with Crippen LogP contribution < -0.4 is 9.80 Å². The second-order valence-corrected chi connectivity index (χ2v) is 9.59. The van der Waals surface area contributed by atoms with Gasteiger partial charge in [-0.15, -0.1) is 0 Å². The maximum absolute atomic E-state index is 13.3. The van der Waals surface area contributed by atoms with Crippen LogP contribution in [0, 0.1) is 13.8 Å². The molecular formula is C19H19ClN2O3S. The number of carbonyl (C=O) groups excluding carboxylic acids is 1. The van der Waals surface area contributed by atoms with Gasteiger partial charge < -0.3 is 0 Å². The van der Waals surface area contributed by atoms with Crippen LogP contribution in [-0.2, 0) is 9.84 Å². The van der Waals surface area contributed by atoms with Gasteiger partial charge in [-0.1, -0.05) is 29.8 Å². The summed E-state index contributed by atoms with van der Waals surface area (Å²) < 4.78 is 24.7. The minimum absolute atomic E-state index is 0.0304. The molecule has 7 heteroatoms. The Morgan fingerprint density at radius 3 is 2.15 bits per heavy atom. The number of hydrogen-bond acceptors (Lipinski definition) is 3. The molecule has 2 fully saturated rings. The number of halogens is 1. The Balaban J connectivity index is 1.86. The van der Waals surface area contributed by atoms with Crippen molar-refractivity contribution >= 4 is 38.8 Å². The van der Waals surface area contributed by atoms with E-state index in [4.69, 9.17) is 11.6 Å². The van der Waals surface area contributed by atoms with E-state index in [2.05, 4.69) is 0 Å². The van der Waals surface area contributed by atoms with Crippen LogP contribution in [0.4, 0.5) is 16.2 Å². The average Bonchev–Trinajstić information content (AvgIpc) is 2.96. The van der Waals surface area contributed by atoms with Gasteiger partial charge in [-0.05, 0) is 49.2 Å². The van der Waals surface area contributed by atoms with E-state index in [9.17, 15) is 13.2 Å². The highest BCUT2D eigenvalue weighted by Crippen LogP contribution is 2.40. The van der Waals surface area contributed by atoms with Crippen LogP contribution in [0.25, 0.3) is 0 Å². The summed E-state index contributed by atoms with van der Waals surface area (Å²) in [7, 11) is -3.22. The zero-order chi connectivity index (χ0) is 18.6. The Labute approximate surface area is 158 Å². The lowest BCUT2D eigenvalue weighted by Crippen LogP contribution is -2.38. The lowest BCUT2D eigenvalue weighted by Gasteiger charge is -2.24. The molecule has 26 heavy (non-hydrogen) atoms. The monoisotopic (exact) mass is 390 g/mol. The summed E-state index contributed by atoms with van der Waals surface area (Å²) in [5.41, 5.74) is 3.34. The third-order valence-corrected chi connectivity index (χ3v) is 6.98. The minimum Gasteiger partial charge on any atom is -0.288 e. The Bertz CT molecular complexity index is 985. The molecule has 2 amide bonds. The first-order valence-corrected chi connectivity index (χ1v) is 10.6. The third-order valence-electron chi connectivity index (χ3n) is 4.97. The molecule has 136 valence electrons. The normalized spacial score (nSPS) is 24.2. The predicted octanol–water partition coefficient (Wildman–Crippen LogP) is 3.57. The van der Waals surface area contributed by atoms with E-state index in [-0.39, 0.29) is 17.5 Å². The maximum Gasteiger partial charge on any atom is 0.329 e. The standard InChI is InChI=1S/C19H19ClN2O3S/c1-12-7-13(2)9-14(8-12)21-17-10-26(24,25)11-18(17)22(19(21)23)16-6-4-3-5-15(16)20/h3-9,17-18H,10-11H2,1-2H3. The van der Waals surface area contributed by atoms with Gasteiger partial charge in [0.1, 0.15) is 0 Å². The first kappa shape index (κ1) is 17.4. The second kappa shape index (κ2) is 5.99. The number of rotatable bonds is 2. The summed E-state index contributed by atoms with van der Waals surface area (Å²) in [6.07, 6.45) is 0. The molecule has 0 N–H and O–H groups in total. The van der Waals surface area contributed by atoms with Crippen LogP contribution in [0.2, 0.25) is 5.02 Å². The van der Waals surface area contributed by atoms with Crippen molar-refractivity contribution in [3.63, 3.8) is 0 Å². The summed E-state index contributed by atoms with van der Waals surface area (Å²) in [5.74, 6) is -0.0761. The fourth-order valence-electron chi connectivity index (χ4n) is 4.02. The van der Waals surface area contributed by atoms with Gasteiger partial charge in [0.15, 0.2) is 9.84 Å². The van der Waals surface area contributed by atoms with Crippen LogP contribution in [-0.4, -0.2) is 38.0 Å². The van der Waals surface area contributed by atoms with Gasteiger partial charge in [-0.2, -0.15) is 0 Å². The largest absolute Gasteiger partial charge is 0.329 e. The first-order chi connectivity index (χ1) is 12.3. The number of urea groups is 1. The summed E-state index contributed by atoms with van der Waals surface area (Å²) >= 11 is 6.31. The van der Waals surface area contributed by atoms with Crippen molar-refractivity contribution in [2.45, 2.75) is 25.9 Å². The Kier molecular flexibility index (Phi) is 4.00. The molecule has 0 aliphatic carbocycles. The summed E-state index contributed by atoms with van der Waals surface area (Å²) in [6.45, 7) is 3.93. The molecule has 5 nitrogen and oxygen atoms in total. The van der Waals surface area contributed by atoms with Gasteiger partial charge in [0, 0.05) is 5.69 Å². The molecule has 2 atom stereocenters. The molecule has 0 saturated carbocycles. The molecule has 2 aliphatic rings. The number of carbonyl (C=O) groups is 1. The Hall–Kier alpha value is -2.05. The number of para-hydroxylation sites is 1. The quantitative estimate of drug-likeness (QED) is 0.736. The fraction of sp³-hybridized carbons (Fsp3) is 0.316. The number of hydrogen-bond donors (Lipinski definition) is 0. The van der Waals surface area contributed by atoms with Crippen LogP contribution in [0.5, 0.6) is 0 Å². The lowest BCUT2D eigenvalue weighted by atomic mass is 10.1. The van der Waals surface area contributed by atoms with Crippen molar-refractivity contribution < 1.29 is 13.2 Å². The van der Waals surface area contributed by atoms with Crippen molar-refractivity contribution in [3.8, 4) is 0 Å². The van der Waals surface area contributed by atoms with E-state index >= 15 is 0 Å². The minimum atomic E-state index is -3.22.